The summed E-state index contributed by atoms with van der Waals surface area (Å²) in [6.07, 6.45) is 4.99. The summed E-state index contributed by atoms with van der Waals surface area (Å²) in [5.41, 5.74) is 1.14. The first kappa shape index (κ1) is 14.8. The Morgan fingerprint density at radius 1 is 1.12 bits per heavy atom. The van der Waals surface area contributed by atoms with Crippen LogP contribution in [0.1, 0.15) is 10.4 Å². The Morgan fingerprint density at radius 2 is 2.00 bits per heavy atom. The minimum Gasteiger partial charge on any atom is -0.322 e. The van der Waals surface area contributed by atoms with Crippen LogP contribution in [0.25, 0.3) is 16.7 Å². The summed E-state index contributed by atoms with van der Waals surface area (Å²) in [4.78, 5) is 31.3. The maximum atomic E-state index is 12.6. The van der Waals surface area contributed by atoms with Crippen molar-refractivity contribution in [3.63, 3.8) is 0 Å². The Morgan fingerprint density at radius 3 is 2.76 bits per heavy atom. The number of rotatable bonds is 3. The van der Waals surface area contributed by atoms with Crippen LogP contribution < -0.4 is 10.9 Å². The molecule has 0 radical (unpaired) electrons. The second-order valence-corrected chi connectivity index (χ2v) is 5.40. The molecule has 4 rings (SSSR count). The molecule has 1 aromatic carbocycles. The van der Waals surface area contributed by atoms with Crippen molar-refractivity contribution in [2.45, 2.75) is 0 Å². The summed E-state index contributed by atoms with van der Waals surface area (Å²) in [6, 6.07) is 13.7. The van der Waals surface area contributed by atoms with Crippen LogP contribution in [-0.2, 0) is 0 Å². The van der Waals surface area contributed by atoms with Gasteiger partial charge in [0.05, 0.1) is 17.4 Å². The van der Waals surface area contributed by atoms with Gasteiger partial charge in [-0.25, -0.2) is 9.67 Å². The van der Waals surface area contributed by atoms with Gasteiger partial charge in [-0.2, -0.15) is 5.10 Å². The number of hydrogen-bond acceptors (Lipinski definition) is 4. The van der Waals surface area contributed by atoms with Gasteiger partial charge in [0.25, 0.3) is 5.91 Å². The number of amides is 1. The SMILES string of the molecule is O=C(Nc1ccc(-n2cccn2)nc1)c1cc(=O)[nH]c2ccccc12. The number of H-pyrrole nitrogens is 1. The van der Waals surface area contributed by atoms with Crippen molar-refractivity contribution in [3.05, 3.63) is 83.0 Å². The summed E-state index contributed by atoms with van der Waals surface area (Å²) < 4.78 is 1.62. The normalized spacial score (nSPS) is 10.7. The molecule has 1 amide bonds. The lowest BCUT2D eigenvalue weighted by Crippen LogP contribution is -2.17. The van der Waals surface area contributed by atoms with Gasteiger partial charge in [0, 0.05) is 29.4 Å². The van der Waals surface area contributed by atoms with Gasteiger partial charge in [-0.05, 0) is 24.3 Å². The molecule has 0 unspecified atom stereocenters. The third kappa shape index (κ3) is 2.90. The number of carbonyl (C=O) groups is 1. The minimum atomic E-state index is -0.365. The zero-order valence-electron chi connectivity index (χ0n) is 13.0. The van der Waals surface area contributed by atoms with E-state index in [2.05, 4.69) is 20.4 Å². The number of carbonyl (C=O) groups excluding carboxylic acids is 1. The third-order valence-corrected chi connectivity index (χ3v) is 3.74. The molecule has 3 aromatic heterocycles. The topological polar surface area (TPSA) is 92.7 Å². The van der Waals surface area contributed by atoms with Gasteiger partial charge in [-0.3, -0.25) is 9.59 Å². The summed E-state index contributed by atoms with van der Waals surface area (Å²) in [7, 11) is 0. The Kier molecular flexibility index (Phi) is 3.59. The molecule has 122 valence electrons. The van der Waals surface area contributed by atoms with E-state index in [4.69, 9.17) is 0 Å². The minimum absolute atomic E-state index is 0.315. The highest BCUT2D eigenvalue weighted by Gasteiger charge is 2.12. The fraction of sp³-hybridized carbons (Fsp3) is 0. The molecule has 4 aromatic rings. The van der Waals surface area contributed by atoms with Crippen molar-refractivity contribution < 1.29 is 4.79 Å². The van der Waals surface area contributed by atoms with Crippen LogP contribution in [0.5, 0.6) is 0 Å². The number of nitrogens with zero attached hydrogens (tertiary/aromatic N) is 3. The lowest BCUT2D eigenvalue weighted by Gasteiger charge is -2.08. The van der Waals surface area contributed by atoms with Crippen molar-refractivity contribution in [1.29, 1.82) is 0 Å². The second kappa shape index (κ2) is 6.04. The molecule has 7 nitrogen and oxygen atoms in total. The van der Waals surface area contributed by atoms with Gasteiger partial charge in [-0.15, -0.1) is 0 Å². The van der Waals surface area contributed by atoms with Crippen molar-refractivity contribution in [1.82, 2.24) is 19.7 Å². The van der Waals surface area contributed by atoms with Gasteiger partial charge in [0.15, 0.2) is 5.82 Å². The molecule has 0 saturated heterocycles. The zero-order valence-corrected chi connectivity index (χ0v) is 13.0. The molecular weight excluding hydrogens is 318 g/mol. The number of benzene rings is 1. The van der Waals surface area contributed by atoms with Crippen molar-refractivity contribution in [3.8, 4) is 5.82 Å². The van der Waals surface area contributed by atoms with Gasteiger partial charge >= 0.3 is 0 Å². The maximum Gasteiger partial charge on any atom is 0.256 e. The number of aromatic amines is 1. The highest BCUT2D eigenvalue weighted by Crippen LogP contribution is 2.17. The zero-order chi connectivity index (χ0) is 17.2. The predicted octanol–water partition coefficient (Wildman–Crippen LogP) is 2.36. The van der Waals surface area contributed by atoms with Gasteiger partial charge in [-0.1, -0.05) is 18.2 Å². The monoisotopic (exact) mass is 331 g/mol. The first-order valence-electron chi connectivity index (χ1n) is 7.60. The summed E-state index contributed by atoms with van der Waals surface area (Å²) in [5.74, 6) is 0.278. The number of pyridine rings is 2. The first-order valence-corrected chi connectivity index (χ1v) is 7.60. The summed E-state index contributed by atoms with van der Waals surface area (Å²) in [6.45, 7) is 0. The van der Waals surface area contributed by atoms with E-state index in [1.165, 1.54) is 6.07 Å². The largest absolute Gasteiger partial charge is 0.322 e. The Labute approximate surface area is 142 Å². The predicted molar refractivity (Wildman–Crippen MR) is 93.9 cm³/mol. The molecule has 2 N–H and O–H groups in total. The number of nitrogens with one attached hydrogen (secondary N) is 2. The maximum absolute atomic E-state index is 12.6. The number of para-hydroxylation sites is 1. The Balaban J connectivity index is 1.63. The standard InChI is InChI=1S/C18H13N5O2/c24-17-10-14(13-4-1-2-5-15(13)22-17)18(25)21-12-6-7-16(19-11-12)23-9-3-8-20-23/h1-11H,(H,21,25)(H,22,24). The van der Waals surface area contributed by atoms with Crippen LogP contribution in [0.2, 0.25) is 0 Å². The van der Waals surface area contributed by atoms with Crippen LogP contribution >= 0.6 is 0 Å². The van der Waals surface area contributed by atoms with Gasteiger partial charge in [0.2, 0.25) is 5.56 Å². The van der Waals surface area contributed by atoms with Crippen LogP contribution in [0.4, 0.5) is 5.69 Å². The van der Waals surface area contributed by atoms with E-state index in [1.807, 2.05) is 6.07 Å². The third-order valence-electron chi connectivity index (χ3n) is 3.74. The second-order valence-electron chi connectivity index (χ2n) is 5.40. The van der Waals surface area contributed by atoms with E-state index in [-0.39, 0.29) is 11.5 Å². The number of hydrogen-bond donors (Lipinski definition) is 2. The van der Waals surface area contributed by atoms with Crippen molar-refractivity contribution in [2.24, 2.45) is 0 Å². The quantitative estimate of drug-likeness (QED) is 0.603. The van der Waals surface area contributed by atoms with Crippen molar-refractivity contribution >= 4 is 22.5 Å². The molecule has 0 aliphatic rings. The van der Waals surface area contributed by atoms with Gasteiger partial charge in [0.1, 0.15) is 0 Å². The molecule has 25 heavy (non-hydrogen) atoms. The van der Waals surface area contributed by atoms with Crippen LogP contribution in [0, 0.1) is 0 Å². The molecule has 7 heteroatoms. The van der Waals surface area contributed by atoms with Crippen molar-refractivity contribution in [2.75, 3.05) is 5.32 Å². The molecule has 0 aliphatic heterocycles. The molecule has 0 aliphatic carbocycles. The summed E-state index contributed by atoms with van der Waals surface area (Å²) in [5, 5.41) is 7.54. The van der Waals surface area contributed by atoms with E-state index < -0.39 is 0 Å². The number of aromatic nitrogens is 4. The average Bonchev–Trinajstić information content (AvgIpc) is 3.16. The van der Waals surface area contributed by atoms with Gasteiger partial charge < -0.3 is 10.3 Å². The molecule has 0 atom stereocenters. The highest BCUT2D eigenvalue weighted by atomic mass is 16.2. The Hall–Kier alpha value is -3.74. The van der Waals surface area contributed by atoms with E-state index in [9.17, 15) is 9.59 Å². The lowest BCUT2D eigenvalue weighted by atomic mass is 10.1. The van der Waals surface area contributed by atoms with E-state index in [0.29, 0.717) is 28.0 Å². The Bertz CT molecular complexity index is 1100. The van der Waals surface area contributed by atoms with Crippen LogP contribution in [-0.4, -0.2) is 25.7 Å². The molecule has 3 heterocycles. The fourth-order valence-electron chi connectivity index (χ4n) is 2.59. The van der Waals surface area contributed by atoms with Crippen LogP contribution in [0.15, 0.2) is 71.9 Å². The van der Waals surface area contributed by atoms with E-state index in [1.54, 1.807) is 59.7 Å². The molecule has 0 bridgehead atoms. The molecule has 0 fully saturated rings. The average molecular weight is 331 g/mol. The van der Waals surface area contributed by atoms with Crippen LogP contribution in [0.3, 0.4) is 0 Å². The first-order chi connectivity index (χ1) is 12.2. The molecular formula is C18H13N5O2. The molecule has 0 spiro atoms. The highest BCUT2D eigenvalue weighted by molar-refractivity contribution is 6.12. The summed E-state index contributed by atoms with van der Waals surface area (Å²) >= 11 is 0. The molecule has 0 saturated carbocycles. The number of anilines is 1. The van der Waals surface area contributed by atoms with E-state index >= 15 is 0 Å². The smallest absolute Gasteiger partial charge is 0.256 e. The lowest BCUT2D eigenvalue weighted by molar-refractivity contribution is 0.102. The van der Waals surface area contributed by atoms with E-state index in [0.717, 1.165) is 0 Å². The fourth-order valence-corrected chi connectivity index (χ4v) is 2.59. The number of fused-ring (bicyclic) bond motifs is 1.